The van der Waals surface area contributed by atoms with E-state index in [0.717, 1.165) is 58.9 Å². The average molecular weight is 297 g/mol. The second-order valence-electron chi connectivity index (χ2n) is 6.80. The van der Waals surface area contributed by atoms with E-state index in [0.29, 0.717) is 6.04 Å². The van der Waals surface area contributed by atoms with Gasteiger partial charge in [-0.1, -0.05) is 6.92 Å². The molecule has 21 heavy (non-hydrogen) atoms. The lowest BCUT2D eigenvalue weighted by Crippen LogP contribution is -2.64. The molecule has 2 aliphatic rings. The molecule has 0 N–H and O–H groups in total. The number of carbonyl (C=O) groups is 1. The predicted molar refractivity (Wildman–Crippen MR) is 84.4 cm³/mol. The molecule has 2 aliphatic heterocycles. The van der Waals surface area contributed by atoms with E-state index >= 15 is 0 Å². The van der Waals surface area contributed by atoms with Gasteiger partial charge in [0, 0.05) is 45.3 Å². The van der Waals surface area contributed by atoms with Crippen LogP contribution in [0, 0.1) is 0 Å². The Morgan fingerprint density at radius 2 is 1.95 bits per heavy atom. The molecular formula is C16H31N3O2. The molecule has 0 aromatic carbocycles. The number of morpholine rings is 1. The highest BCUT2D eigenvalue weighted by molar-refractivity contribution is 5.86. The van der Waals surface area contributed by atoms with Crippen LogP contribution in [0.2, 0.25) is 0 Å². The van der Waals surface area contributed by atoms with Crippen molar-refractivity contribution in [3.05, 3.63) is 0 Å². The molecule has 0 aromatic rings. The molecule has 0 unspecified atom stereocenters. The highest BCUT2D eigenvalue weighted by Gasteiger charge is 2.41. The van der Waals surface area contributed by atoms with Gasteiger partial charge in [-0.15, -0.1) is 0 Å². The summed E-state index contributed by atoms with van der Waals surface area (Å²) in [5, 5.41) is 0. The van der Waals surface area contributed by atoms with Crippen LogP contribution < -0.4 is 0 Å². The Labute approximate surface area is 129 Å². The van der Waals surface area contributed by atoms with Gasteiger partial charge in [0.25, 0.3) is 0 Å². The Hall–Kier alpha value is -0.650. The maximum atomic E-state index is 12.6. The number of amides is 1. The minimum absolute atomic E-state index is 0.283. The van der Waals surface area contributed by atoms with Gasteiger partial charge in [0.15, 0.2) is 0 Å². The number of piperazine rings is 1. The first-order valence-corrected chi connectivity index (χ1v) is 8.33. The number of carbonyl (C=O) groups excluding carboxylic acids is 1. The van der Waals surface area contributed by atoms with Gasteiger partial charge < -0.3 is 9.64 Å². The van der Waals surface area contributed by atoms with Gasteiger partial charge in [0.1, 0.15) is 0 Å². The minimum atomic E-state index is -0.372. The molecule has 0 saturated carbocycles. The van der Waals surface area contributed by atoms with Crippen LogP contribution in [0.5, 0.6) is 0 Å². The lowest BCUT2D eigenvalue weighted by molar-refractivity contribution is -0.149. The smallest absolute Gasteiger partial charge is 0.242 e. The summed E-state index contributed by atoms with van der Waals surface area (Å²) in [6.45, 7) is 15.9. The second-order valence-corrected chi connectivity index (χ2v) is 6.80. The molecule has 5 nitrogen and oxygen atoms in total. The number of hydrogen-bond acceptors (Lipinski definition) is 4. The molecular weight excluding hydrogens is 266 g/mol. The van der Waals surface area contributed by atoms with Crippen molar-refractivity contribution >= 4 is 5.91 Å². The van der Waals surface area contributed by atoms with E-state index in [-0.39, 0.29) is 11.4 Å². The Kier molecular flexibility index (Phi) is 5.63. The quantitative estimate of drug-likeness (QED) is 0.760. The Morgan fingerprint density at radius 1 is 1.19 bits per heavy atom. The van der Waals surface area contributed by atoms with Crippen molar-refractivity contribution in [1.82, 2.24) is 14.7 Å². The molecule has 2 fully saturated rings. The van der Waals surface area contributed by atoms with E-state index in [9.17, 15) is 4.79 Å². The Balaban J connectivity index is 1.90. The summed E-state index contributed by atoms with van der Waals surface area (Å²) in [6, 6.07) is 0.485. The molecule has 2 rings (SSSR count). The van der Waals surface area contributed by atoms with Gasteiger partial charge in [0.05, 0.1) is 18.8 Å². The molecule has 0 bridgehead atoms. The van der Waals surface area contributed by atoms with Crippen molar-refractivity contribution in [2.45, 2.75) is 45.7 Å². The van der Waals surface area contributed by atoms with Crippen LogP contribution in [0.25, 0.3) is 0 Å². The van der Waals surface area contributed by atoms with Gasteiger partial charge in [-0.2, -0.15) is 0 Å². The lowest BCUT2D eigenvalue weighted by Gasteiger charge is -2.47. The van der Waals surface area contributed by atoms with Crippen LogP contribution in [0.1, 0.15) is 34.1 Å². The molecule has 1 atom stereocenters. The van der Waals surface area contributed by atoms with Crippen molar-refractivity contribution in [3.8, 4) is 0 Å². The second kappa shape index (κ2) is 7.07. The summed E-state index contributed by atoms with van der Waals surface area (Å²) < 4.78 is 5.49. The molecule has 0 aliphatic carbocycles. The number of rotatable bonds is 5. The maximum absolute atomic E-state index is 12.6. The van der Waals surface area contributed by atoms with E-state index in [1.165, 1.54) is 0 Å². The number of ether oxygens (including phenoxy) is 1. The van der Waals surface area contributed by atoms with Gasteiger partial charge in [-0.25, -0.2) is 0 Å². The van der Waals surface area contributed by atoms with Crippen molar-refractivity contribution in [1.29, 1.82) is 0 Å². The van der Waals surface area contributed by atoms with Crippen molar-refractivity contribution in [3.63, 3.8) is 0 Å². The van der Waals surface area contributed by atoms with E-state index in [2.05, 4.69) is 37.5 Å². The highest BCUT2D eigenvalue weighted by Crippen LogP contribution is 2.22. The summed E-state index contributed by atoms with van der Waals surface area (Å²) in [5.41, 5.74) is -0.372. The normalized spacial score (nSPS) is 28.1. The summed E-state index contributed by atoms with van der Waals surface area (Å²) >= 11 is 0. The third kappa shape index (κ3) is 3.76. The topological polar surface area (TPSA) is 36.0 Å². The molecule has 0 aromatic heterocycles. The molecule has 5 heteroatoms. The first kappa shape index (κ1) is 16.7. The van der Waals surface area contributed by atoms with Crippen LogP contribution in [0.3, 0.4) is 0 Å². The van der Waals surface area contributed by atoms with Gasteiger partial charge in [0.2, 0.25) is 5.91 Å². The lowest BCUT2D eigenvalue weighted by atomic mass is 9.97. The summed E-state index contributed by atoms with van der Waals surface area (Å²) in [6.07, 6.45) is 1.03. The molecule has 2 heterocycles. The van der Waals surface area contributed by atoms with Gasteiger partial charge in [-0.3, -0.25) is 14.6 Å². The van der Waals surface area contributed by atoms with Crippen LogP contribution in [-0.4, -0.2) is 84.7 Å². The minimum Gasteiger partial charge on any atom is -0.379 e. The van der Waals surface area contributed by atoms with Gasteiger partial charge >= 0.3 is 0 Å². The SMILES string of the molecule is CCCN1CCN(CCN2CCOC[C@H]2C)C(C)(C)C1=O. The largest absolute Gasteiger partial charge is 0.379 e. The monoisotopic (exact) mass is 297 g/mol. The molecule has 122 valence electrons. The average Bonchev–Trinajstić information content (AvgIpc) is 2.45. The maximum Gasteiger partial charge on any atom is 0.242 e. The Bertz CT molecular complexity index is 359. The first-order chi connectivity index (χ1) is 9.96. The fraction of sp³-hybridized carbons (Fsp3) is 0.938. The van der Waals surface area contributed by atoms with Crippen molar-refractivity contribution in [2.24, 2.45) is 0 Å². The van der Waals surface area contributed by atoms with Crippen LogP contribution in [0.15, 0.2) is 0 Å². The third-order valence-corrected chi connectivity index (χ3v) is 4.90. The number of hydrogen-bond donors (Lipinski definition) is 0. The Morgan fingerprint density at radius 3 is 2.62 bits per heavy atom. The molecule has 2 saturated heterocycles. The summed E-state index contributed by atoms with van der Waals surface area (Å²) in [5.74, 6) is 0.283. The van der Waals surface area contributed by atoms with Crippen molar-refractivity contribution < 1.29 is 9.53 Å². The predicted octanol–water partition coefficient (Wildman–Crippen LogP) is 1.04. The molecule has 0 spiro atoms. The molecule has 0 radical (unpaired) electrons. The first-order valence-electron chi connectivity index (χ1n) is 8.33. The van der Waals surface area contributed by atoms with Crippen molar-refractivity contribution in [2.75, 3.05) is 52.5 Å². The summed E-state index contributed by atoms with van der Waals surface area (Å²) in [4.78, 5) is 19.5. The van der Waals surface area contributed by atoms with Crippen LogP contribution >= 0.6 is 0 Å². The molecule has 1 amide bonds. The van der Waals surface area contributed by atoms with E-state index in [4.69, 9.17) is 4.74 Å². The van der Waals surface area contributed by atoms with E-state index in [1.807, 2.05) is 4.90 Å². The zero-order valence-corrected chi connectivity index (χ0v) is 14.1. The fourth-order valence-electron chi connectivity index (χ4n) is 3.36. The zero-order chi connectivity index (χ0) is 15.5. The zero-order valence-electron chi connectivity index (χ0n) is 14.1. The number of nitrogens with zero attached hydrogens (tertiary/aromatic N) is 3. The van der Waals surface area contributed by atoms with E-state index < -0.39 is 0 Å². The van der Waals surface area contributed by atoms with Crippen LogP contribution in [-0.2, 0) is 9.53 Å². The standard InChI is InChI=1S/C16H31N3O2/c1-5-6-18-8-10-19(16(3,4)15(18)20)9-7-17-11-12-21-13-14(17)2/h14H,5-13H2,1-4H3/t14-/m1/s1. The summed E-state index contributed by atoms with van der Waals surface area (Å²) in [7, 11) is 0. The highest BCUT2D eigenvalue weighted by atomic mass is 16.5. The van der Waals surface area contributed by atoms with Crippen LogP contribution in [0.4, 0.5) is 0 Å². The van der Waals surface area contributed by atoms with Gasteiger partial charge in [-0.05, 0) is 27.2 Å². The third-order valence-electron chi connectivity index (χ3n) is 4.90. The fourth-order valence-corrected chi connectivity index (χ4v) is 3.36. The van der Waals surface area contributed by atoms with E-state index in [1.54, 1.807) is 0 Å².